The third-order valence-corrected chi connectivity index (χ3v) is 8.80. The predicted octanol–water partition coefficient (Wildman–Crippen LogP) is 6.15. The Morgan fingerprint density at radius 3 is 2.45 bits per heavy atom. The van der Waals surface area contributed by atoms with E-state index in [2.05, 4.69) is 10.6 Å². The second-order valence-corrected chi connectivity index (χ2v) is 14.4. The lowest BCUT2D eigenvalue weighted by Gasteiger charge is -2.29. The average molecular weight is 709 g/mol. The van der Waals surface area contributed by atoms with Crippen LogP contribution in [0.4, 0.5) is 0 Å². The van der Waals surface area contributed by atoms with E-state index in [4.69, 9.17) is 33.1 Å². The van der Waals surface area contributed by atoms with E-state index in [0.717, 1.165) is 28.7 Å². The number of hydrogen-bond donors (Lipinski definition) is 2. The molecule has 0 aliphatic carbocycles. The van der Waals surface area contributed by atoms with Gasteiger partial charge in [-0.1, -0.05) is 74.9 Å². The molecule has 2 aromatic carbocycles. The number of benzene rings is 2. The molecule has 4 atom stereocenters. The van der Waals surface area contributed by atoms with Crippen molar-refractivity contribution in [1.29, 1.82) is 0 Å². The molecule has 0 saturated heterocycles. The molecule has 1 aliphatic rings. The van der Waals surface area contributed by atoms with Gasteiger partial charge in [0.25, 0.3) is 0 Å². The van der Waals surface area contributed by atoms with Crippen LogP contribution >= 0.6 is 23.6 Å². The van der Waals surface area contributed by atoms with Crippen LogP contribution in [-0.2, 0) is 35.1 Å². The highest BCUT2D eigenvalue weighted by molar-refractivity contribution is 7.96. The van der Waals surface area contributed by atoms with Gasteiger partial charge < -0.3 is 24.3 Å². The van der Waals surface area contributed by atoms with Crippen LogP contribution in [0.1, 0.15) is 64.2 Å². The second kappa shape index (κ2) is 18.9. The maximum Gasteiger partial charge on any atom is 0.347 e. The van der Waals surface area contributed by atoms with E-state index in [0.29, 0.717) is 16.4 Å². The Hall–Kier alpha value is -3.70. The van der Waals surface area contributed by atoms with Crippen molar-refractivity contribution in [3.63, 3.8) is 0 Å². The molecule has 1 aliphatic heterocycles. The molecule has 3 rings (SSSR count). The Morgan fingerprint density at radius 2 is 1.80 bits per heavy atom. The highest BCUT2D eigenvalue weighted by Gasteiger charge is 2.37. The van der Waals surface area contributed by atoms with Gasteiger partial charge in [-0.25, -0.2) is 4.79 Å². The van der Waals surface area contributed by atoms with Crippen LogP contribution in [0.25, 0.3) is 6.08 Å². The van der Waals surface area contributed by atoms with E-state index < -0.39 is 47.4 Å². The largest absolute Gasteiger partial charge is 0.459 e. The minimum Gasteiger partial charge on any atom is -0.459 e. The summed E-state index contributed by atoms with van der Waals surface area (Å²) in [5, 5.41) is 6.11. The lowest BCUT2D eigenvalue weighted by Crippen LogP contribution is -2.51. The molecular weight excluding hydrogens is 663 g/mol. The van der Waals surface area contributed by atoms with Crippen LogP contribution in [0.15, 0.2) is 60.7 Å². The zero-order chi connectivity index (χ0) is 36.1. The zero-order valence-electron chi connectivity index (χ0n) is 29.0. The van der Waals surface area contributed by atoms with Gasteiger partial charge in [-0.2, -0.15) is 0 Å². The van der Waals surface area contributed by atoms with Crippen molar-refractivity contribution < 1.29 is 32.8 Å². The van der Waals surface area contributed by atoms with E-state index in [9.17, 15) is 19.2 Å². The van der Waals surface area contributed by atoms with Crippen LogP contribution in [-0.4, -0.2) is 62.0 Å². The molecule has 2 aromatic rings. The lowest BCUT2D eigenvalue weighted by atomic mass is 9.93. The van der Waals surface area contributed by atoms with Crippen LogP contribution in [0.5, 0.6) is 5.75 Å². The van der Waals surface area contributed by atoms with E-state index in [1.807, 2.05) is 76.2 Å². The van der Waals surface area contributed by atoms with Crippen molar-refractivity contribution in [1.82, 2.24) is 10.6 Å². The first kappa shape index (κ1) is 39.7. The van der Waals surface area contributed by atoms with Crippen LogP contribution in [0.3, 0.4) is 0 Å². The summed E-state index contributed by atoms with van der Waals surface area (Å²) in [4.78, 5) is 53.5. The van der Waals surface area contributed by atoms with Gasteiger partial charge in [-0.05, 0) is 79.7 Å². The van der Waals surface area contributed by atoms with Gasteiger partial charge >= 0.3 is 11.9 Å². The first-order valence-corrected chi connectivity index (χ1v) is 17.7. The number of ether oxygens (including phenoxy) is 2. The van der Waals surface area contributed by atoms with Crippen LogP contribution in [0.2, 0.25) is 5.02 Å². The summed E-state index contributed by atoms with van der Waals surface area (Å²) < 4.78 is 17.2. The molecule has 9 nitrogen and oxygen atoms in total. The number of carbonyl (C=O) groups is 4. The molecule has 12 heteroatoms. The van der Waals surface area contributed by atoms with Crippen molar-refractivity contribution in [2.24, 2.45) is 17.3 Å². The monoisotopic (exact) mass is 708 g/mol. The smallest absolute Gasteiger partial charge is 0.347 e. The van der Waals surface area contributed by atoms with E-state index in [1.165, 1.54) is 6.08 Å². The number of carbonyl (C=O) groups excluding carboxylic acids is 4. The molecule has 262 valence electrons. The second-order valence-electron chi connectivity index (χ2n) is 13.2. The van der Waals surface area contributed by atoms with Gasteiger partial charge in [0.15, 0.2) is 6.10 Å². The number of halogens is 1. The average Bonchev–Trinajstić information content (AvgIpc) is 3.05. The summed E-state index contributed by atoms with van der Waals surface area (Å²) in [6.45, 7) is 10.8. The van der Waals surface area contributed by atoms with Crippen molar-refractivity contribution in [3.8, 4) is 5.75 Å². The van der Waals surface area contributed by atoms with Crippen molar-refractivity contribution in [2.75, 3.05) is 12.2 Å². The number of amides is 2. The Kier molecular flexibility index (Phi) is 15.3. The number of nitrogens with one attached hydrogen (secondary N) is 2. The molecule has 0 fully saturated rings. The predicted molar refractivity (Wildman–Crippen MR) is 195 cm³/mol. The van der Waals surface area contributed by atoms with Gasteiger partial charge in [0.1, 0.15) is 17.9 Å². The molecule has 0 aromatic heterocycles. The third kappa shape index (κ3) is 12.9. The number of hydrogen-bond acceptors (Lipinski definition) is 8. The fourth-order valence-electron chi connectivity index (χ4n) is 4.87. The molecule has 4 unspecified atom stereocenters. The van der Waals surface area contributed by atoms with Crippen LogP contribution in [0, 0.1) is 24.2 Å². The highest BCUT2D eigenvalue weighted by atomic mass is 35.5. The minimum absolute atomic E-state index is 0.0179. The van der Waals surface area contributed by atoms with Crippen molar-refractivity contribution >= 4 is 61.3 Å². The van der Waals surface area contributed by atoms with Crippen molar-refractivity contribution in [2.45, 2.75) is 79.1 Å². The summed E-state index contributed by atoms with van der Waals surface area (Å²) in [5.41, 5.74) is 1.69. The molecule has 2 amide bonds. The first-order chi connectivity index (χ1) is 23.2. The number of aryl methyl sites for hydroxylation is 1. The summed E-state index contributed by atoms with van der Waals surface area (Å²) in [6.07, 6.45) is 5.52. The van der Waals surface area contributed by atoms with Crippen LogP contribution < -0.4 is 14.8 Å². The number of rotatable bonds is 10. The summed E-state index contributed by atoms with van der Waals surface area (Å²) >= 11 is 7.47. The Bertz CT molecular complexity index is 1510. The summed E-state index contributed by atoms with van der Waals surface area (Å²) in [6, 6.07) is 11.9. The number of cyclic esters (lactones) is 2. The molecular formula is C37H46BClN2O7S. The van der Waals surface area contributed by atoms with Gasteiger partial charge in [0, 0.05) is 42.4 Å². The van der Waals surface area contributed by atoms with E-state index >= 15 is 0 Å². The molecule has 49 heavy (non-hydrogen) atoms. The van der Waals surface area contributed by atoms with Gasteiger partial charge in [0.05, 0.1) is 13.3 Å². The third-order valence-electron chi connectivity index (χ3n) is 7.95. The van der Waals surface area contributed by atoms with Gasteiger partial charge in [-0.3, -0.25) is 14.4 Å². The molecule has 0 saturated carbocycles. The Balaban J connectivity index is 1.91. The molecule has 2 radical (unpaired) electrons. The van der Waals surface area contributed by atoms with Crippen molar-refractivity contribution in [3.05, 3.63) is 82.4 Å². The normalized spacial score (nSPS) is 22.2. The lowest BCUT2D eigenvalue weighted by molar-refractivity contribution is -0.178. The van der Waals surface area contributed by atoms with Gasteiger partial charge in [0.2, 0.25) is 11.8 Å². The molecule has 1 heterocycles. The summed E-state index contributed by atoms with van der Waals surface area (Å²) in [7, 11) is 5.48. The summed E-state index contributed by atoms with van der Waals surface area (Å²) in [5.74, 6) is -1.90. The van der Waals surface area contributed by atoms with E-state index in [-0.39, 0.29) is 37.6 Å². The topological polar surface area (TPSA) is 120 Å². The minimum atomic E-state index is -1.19. The Labute approximate surface area is 300 Å². The zero-order valence-corrected chi connectivity index (χ0v) is 30.6. The molecule has 2 N–H and O–H groups in total. The molecule has 0 spiro atoms. The maximum absolute atomic E-state index is 13.6. The highest BCUT2D eigenvalue weighted by Crippen LogP contribution is 2.24. The first-order valence-electron chi connectivity index (χ1n) is 16.4. The van der Waals surface area contributed by atoms with E-state index in [1.54, 1.807) is 26.0 Å². The fourth-order valence-corrected chi connectivity index (χ4v) is 5.39. The fraction of sp³-hybridized carbons (Fsp3) is 0.459. The SMILES string of the molecule is [B]CSOc1ccc(/C=C/C(C)C2C/C=C/C(=O)NC(Cc3ccc(C)c(Cl)c3)C(=O)NCC(C)(C)C(=O)OC(CC(C)C)C(=O)O2)cc1. The van der Waals surface area contributed by atoms with Gasteiger partial charge in [-0.15, -0.1) is 0 Å². The quantitative estimate of drug-likeness (QED) is 0.171. The maximum atomic E-state index is 13.6. The standard InChI is InChI=1S/C37H46BClN2O7S/c1-23(2)18-32-35(44)46-31(25(4)11-12-26-14-16-28(17-15-26)48-49-22-38)8-7-9-33(42)41-30(20-27-13-10-24(3)29(39)19-27)34(43)40-21-37(5,6)36(45)47-32/h7,9-17,19,23,25,30-32H,8,18,20-22H2,1-6H3,(H,40,43)(H,41,42)/b9-7+,12-11+. The Morgan fingerprint density at radius 1 is 1.08 bits per heavy atom. The number of esters is 2. The molecule has 0 bridgehead atoms.